The molecule has 0 saturated carbocycles. The van der Waals surface area contributed by atoms with E-state index in [0.29, 0.717) is 0 Å². The molecule has 0 aliphatic carbocycles. The molecule has 0 unspecified atom stereocenters. The molecule has 0 atom stereocenters. The number of carbonyl (C=O) groups excluding carboxylic acids is 1. The van der Waals surface area contributed by atoms with E-state index in [-0.39, 0.29) is 12.4 Å². The van der Waals surface area contributed by atoms with E-state index in [1.807, 2.05) is 0 Å². The van der Waals surface area contributed by atoms with Crippen molar-refractivity contribution in [3.8, 4) is 5.75 Å². The molecular formula is C9H10O7S. The smallest absolute Gasteiger partial charge is 0.306 e. The first-order valence-electron chi connectivity index (χ1n) is 4.42. The summed E-state index contributed by atoms with van der Waals surface area (Å²) in [6, 6.07) is 0.990. The Hall–Kier alpha value is -1.83. The van der Waals surface area contributed by atoms with Gasteiger partial charge in [-0.3, -0.25) is 9.59 Å². The van der Waals surface area contributed by atoms with Gasteiger partial charge in [0.05, 0.1) is 6.26 Å². The molecule has 0 N–H and O–H groups in total. The molecule has 1 rings (SSSR count). The summed E-state index contributed by atoms with van der Waals surface area (Å²) < 4.78 is 35.4. The van der Waals surface area contributed by atoms with Crippen LogP contribution in [0, 0.1) is 0 Å². The second-order valence-corrected chi connectivity index (χ2v) is 4.72. The molecule has 0 aliphatic heterocycles. The van der Waals surface area contributed by atoms with Gasteiger partial charge >= 0.3 is 16.1 Å². The lowest BCUT2D eigenvalue weighted by Gasteiger charge is -2.03. The molecule has 94 valence electrons. The molecule has 8 heteroatoms. The molecule has 0 aliphatic rings. The quantitative estimate of drug-likeness (QED) is 0.557. The van der Waals surface area contributed by atoms with Gasteiger partial charge in [-0.2, -0.15) is 8.42 Å². The van der Waals surface area contributed by atoms with E-state index < -0.39 is 27.3 Å². The van der Waals surface area contributed by atoms with Crippen molar-refractivity contribution in [3.05, 3.63) is 28.3 Å². The van der Waals surface area contributed by atoms with Gasteiger partial charge in [0, 0.05) is 13.0 Å². The van der Waals surface area contributed by atoms with Gasteiger partial charge in [0.1, 0.15) is 18.6 Å². The third kappa shape index (κ3) is 4.68. The number of hydrogen-bond acceptors (Lipinski definition) is 7. The van der Waals surface area contributed by atoms with E-state index in [2.05, 4.69) is 8.92 Å². The zero-order valence-electron chi connectivity index (χ0n) is 9.13. The Bertz CT molecular complexity index is 569. The van der Waals surface area contributed by atoms with Crippen LogP contribution in [0.25, 0.3) is 0 Å². The SMILES string of the molecule is CC(=O)OCc1cc(=O)c(OS(C)(=O)=O)co1. The standard InChI is InChI=1S/C9H10O7S/c1-6(10)14-4-7-3-8(11)9(5-15-7)16-17(2,12)13/h3,5H,4H2,1-2H3. The fourth-order valence-corrected chi connectivity index (χ4v) is 1.36. The highest BCUT2D eigenvalue weighted by Gasteiger charge is 2.10. The van der Waals surface area contributed by atoms with Crippen molar-refractivity contribution in [1.82, 2.24) is 0 Å². The predicted molar refractivity (Wildman–Crippen MR) is 55.9 cm³/mol. The number of ether oxygens (including phenoxy) is 1. The van der Waals surface area contributed by atoms with Crippen LogP contribution in [-0.2, 0) is 26.3 Å². The molecule has 1 aromatic heterocycles. The topological polar surface area (TPSA) is 99.9 Å². The van der Waals surface area contributed by atoms with Crippen LogP contribution >= 0.6 is 0 Å². The highest BCUT2D eigenvalue weighted by Crippen LogP contribution is 2.08. The molecule has 0 amide bonds. The minimum atomic E-state index is -3.78. The Balaban J connectivity index is 2.87. The lowest BCUT2D eigenvalue weighted by Crippen LogP contribution is -2.13. The minimum absolute atomic E-state index is 0.0889. The average Bonchev–Trinajstić information content (AvgIpc) is 2.17. The van der Waals surface area contributed by atoms with Crippen molar-refractivity contribution >= 4 is 16.1 Å². The highest BCUT2D eigenvalue weighted by atomic mass is 32.2. The zero-order valence-corrected chi connectivity index (χ0v) is 9.94. The highest BCUT2D eigenvalue weighted by molar-refractivity contribution is 7.86. The minimum Gasteiger partial charge on any atom is -0.461 e. The van der Waals surface area contributed by atoms with E-state index in [1.54, 1.807) is 0 Å². The molecule has 0 radical (unpaired) electrons. The summed E-state index contributed by atoms with van der Waals surface area (Å²) >= 11 is 0. The molecule has 0 saturated heterocycles. The van der Waals surface area contributed by atoms with E-state index >= 15 is 0 Å². The van der Waals surface area contributed by atoms with Crippen molar-refractivity contribution in [1.29, 1.82) is 0 Å². The van der Waals surface area contributed by atoms with Crippen LogP contribution in [0.3, 0.4) is 0 Å². The number of esters is 1. The van der Waals surface area contributed by atoms with Crippen LogP contribution in [0.4, 0.5) is 0 Å². The molecule has 0 bridgehead atoms. The Morgan fingerprint density at radius 1 is 1.47 bits per heavy atom. The number of hydrogen-bond donors (Lipinski definition) is 0. The first-order valence-corrected chi connectivity index (χ1v) is 6.24. The van der Waals surface area contributed by atoms with Crippen LogP contribution < -0.4 is 9.61 Å². The van der Waals surface area contributed by atoms with E-state index in [9.17, 15) is 18.0 Å². The van der Waals surface area contributed by atoms with Crippen LogP contribution in [0.1, 0.15) is 12.7 Å². The summed E-state index contributed by atoms with van der Waals surface area (Å²) in [6.07, 6.45) is 1.65. The summed E-state index contributed by atoms with van der Waals surface area (Å²) in [5.74, 6) is -0.880. The maximum absolute atomic E-state index is 11.4. The summed E-state index contributed by atoms with van der Waals surface area (Å²) in [4.78, 5) is 21.9. The molecule has 0 spiro atoms. The van der Waals surface area contributed by atoms with Gasteiger partial charge < -0.3 is 13.3 Å². The Kier molecular flexibility index (Phi) is 3.89. The summed E-state index contributed by atoms with van der Waals surface area (Å²) in [6.45, 7) is 1.00. The van der Waals surface area contributed by atoms with Gasteiger partial charge in [-0.25, -0.2) is 0 Å². The van der Waals surface area contributed by atoms with Gasteiger partial charge in [-0.1, -0.05) is 0 Å². The van der Waals surface area contributed by atoms with Gasteiger partial charge in [0.25, 0.3) is 0 Å². The van der Waals surface area contributed by atoms with Gasteiger partial charge in [0.15, 0.2) is 0 Å². The first kappa shape index (κ1) is 13.2. The van der Waals surface area contributed by atoms with E-state index in [0.717, 1.165) is 18.6 Å². The second-order valence-electron chi connectivity index (χ2n) is 3.14. The Labute approximate surface area is 97.1 Å². The van der Waals surface area contributed by atoms with Crippen LogP contribution in [0.2, 0.25) is 0 Å². The summed E-state index contributed by atoms with van der Waals surface area (Å²) in [5.41, 5.74) is -0.677. The van der Waals surface area contributed by atoms with Crippen LogP contribution in [0.5, 0.6) is 5.75 Å². The van der Waals surface area contributed by atoms with Gasteiger partial charge in [-0.15, -0.1) is 0 Å². The number of rotatable bonds is 4. The van der Waals surface area contributed by atoms with E-state index in [1.165, 1.54) is 6.92 Å². The first-order chi connectivity index (χ1) is 7.78. The summed E-state index contributed by atoms with van der Waals surface area (Å²) in [5, 5.41) is 0. The average molecular weight is 262 g/mol. The predicted octanol–water partition coefficient (Wildman–Crippen LogP) is 0.0413. The number of carbonyl (C=O) groups is 1. The molecular weight excluding hydrogens is 252 g/mol. The molecule has 7 nitrogen and oxygen atoms in total. The van der Waals surface area contributed by atoms with Crippen LogP contribution in [0.15, 0.2) is 21.5 Å². The Morgan fingerprint density at radius 2 is 2.12 bits per heavy atom. The molecule has 0 aromatic carbocycles. The van der Waals surface area contributed by atoms with Gasteiger partial charge in [-0.05, 0) is 0 Å². The fourth-order valence-electron chi connectivity index (χ4n) is 0.911. The summed E-state index contributed by atoms with van der Waals surface area (Å²) in [7, 11) is -3.78. The van der Waals surface area contributed by atoms with E-state index in [4.69, 9.17) is 4.42 Å². The van der Waals surface area contributed by atoms with Crippen molar-refractivity contribution in [3.63, 3.8) is 0 Å². The maximum atomic E-state index is 11.4. The van der Waals surface area contributed by atoms with Crippen molar-refractivity contribution in [2.75, 3.05) is 6.26 Å². The largest absolute Gasteiger partial charge is 0.461 e. The molecule has 17 heavy (non-hydrogen) atoms. The van der Waals surface area contributed by atoms with Crippen LogP contribution in [-0.4, -0.2) is 20.6 Å². The van der Waals surface area contributed by atoms with Crippen molar-refractivity contribution in [2.45, 2.75) is 13.5 Å². The fraction of sp³-hybridized carbons (Fsp3) is 0.333. The Morgan fingerprint density at radius 3 is 2.59 bits per heavy atom. The molecule has 1 aromatic rings. The maximum Gasteiger partial charge on any atom is 0.306 e. The third-order valence-corrected chi connectivity index (χ3v) is 1.99. The lowest BCUT2D eigenvalue weighted by molar-refractivity contribution is -0.142. The monoisotopic (exact) mass is 262 g/mol. The molecule has 1 heterocycles. The van der Waals surface area contributed by atoms with Crippen molar-refractivity contribution in [2.24, 2.45) is 0 Å². The normalized spacial score (nSPS) is 10.9. The van der Waals surface area contributed by atoms with Crippen molar-refractivity contribution < 1.29 is 26.5 Å². The zero-order chi connectivity index (χ0) is 13.1. The van der Waals surface area contributed by atoms with Gasteiger partial charge in [0.2, 0.25) is 11.2 Å². The molecule has 0 fully saturated rings. The third-order valence-electron chi connectivity index (χ3n) is 1.51. The second kappa shape index (κ2) is 5.00. The lowest BCUT2D eigenvalue weighted by atomic mass is 10.4.